The number of rotatable bonds is 4. The zero-order valence-corrected chi connectivity index (χ0v) is 16.9. The summed E-state index contributed by atoms with van der Waals surface area (Å²) in [6.07, 6.45) is 4.69. The number of benzene rings is 1. The monoisotopic (exact) mass is 382 g/mol. The number of hydrogen-bond donors (Lipinski definition) is 0. The van der Waals surface area contributed by atoms with Gasteiger partial charge in [0.05, 0.1) is 7.11 Å². The lowest BCUT2D eigenvalue weighted by atomic mass is 9.92. The molecular formula is C22H30N4O2. The zero-order valence-electron chi connectivity index (χ0n) is 16.9. The summed E-state index contributed by atoms with van der Waals surface area (Å²) in [7, 11) is 3.81. The molecule has 0 radical (unpaired) electrons. The molecule has 28 heavy (non-hydrogen) atoms. The van der Waals surface area contributed by atoms with Crippen LogP contribution in [0.15, 0.2) is 30.5 Å². The molecular weight excluding hydrogens is 352 g/mol. The number of ether oxygens (including phenoxy) is 1. The van der Waals surface area contributed by atoms with Crippen molar-refractivity contribution in [3.05, 3.63) is 30.5 Å². The summed E-state index contributed by atoms with van der Waals surface area (Å²) >= 11 is 0. The smallest absolute Gasteiger partial charge is 0.222 e. The molecule has 1 aromatic heterocycles. The first-order valence-electron chi connectivity index (χ1n) is 10.3. The highest BCUT2D eigenvalue weighted by molar-refractivity contribution is 5.95. The molecule has 4 rings (SSSR count). The highest BCUT2D eigenvalue weighted by Gasteiger charge is 2.26. The number of anilines is 1. The van der Waals surface area contributed by atoms with Gasteiger partial charge in [-0.25, -0.2) is 0 Å². The molecule has 1 aromatic carbocycles. The van der Waals surface area contributed by atoms with Crippen LogP contribution >= 0.6 is 0 Å². The Balaban J connectivity index is 1.38. The molecule has 2 fully saturated rings. The second kappa shape index (κ2) is 8.35. The summed E-state index contributed by atoms with van der Waals surface area (Å²) in [4.78, 5) is 23.9. The van der Waals surface area contributed by atoms with Crippen molar-refractivity contribution in [2.24, 2.45) is 5.92 Å². The first-order chi connectivity index (χ1) is 13.7. The molecule has 0 spiro atoms. The van der Waals surface area contributed by atoms with Gasteiger partial charge in [0, 0.05) is 63.0 Å². The summed E-state index contributed by atoms with van der Waals surface area (Å²) in [5, 5.41) is 1.13. The number of piperidine rings is 1. The number of carbonyl (C=O) groups excluding carboxylic acids is 1. The molecule has 0 atom stereocenters. The van der Waals surface area contributed by atoms with E-state index in [2.05, 4.69) is 38.9 Å². The quantitative estimate of drug-likeness (QED) is 0.814. The Hall–Kier alpha value is -2.34. The number of aromatic nitrogens is 1. The number of methoxy groups -OCH3 is 1. The van der Waals surface area contributed by atoms with Gasteiger partial charge >= 0.3 is 0 Å². The number of piperazine rings is 1. The van der Waals surface area contributed by atoms with Crippen LogP contribution in [0, 0.1) is 5.92 Å². The third-order valence-corrected chi connectivity index (χ3v) is 6.21. The first kappa shape index (κ1) is 19.0. The van der Waals surface area contributed by atoms with Crippen molar-refractivity contribution >= 4 is 22.5 Å². The van der Waals surface area contributed by atoms with Crippen LogP contribution in [0.1, 0.15) is 19.3 Å². The Morgan fingerprint density at radius 1 is 1.11 bits per heavy atom. The molecule has 2 aromatic rings. The van der Waals surface area contributed by atoms with E-state index in [4.69, 9.17) is 4.74 Å². The Bertz CT molecular complexity index is 824. The van der Waals surface area contributed by atoms with Crippen LogP contribution in [0.3, 0.4) is 0 Å². The van der Waals surface area contributed by atoms with Crippen molar-refractivity contribution in [3.63, 3.8) is 0 Å². The molecule has 2 aliphatic heterocycles. The number of pyridine rings is 1. The molecule has 6 heteroatoms. The lowest BCUT2D eigenvalue weighted by Gasteiger charge is -2.36. The Labute approximate surface area is 167 Å². The van der Waals surface area contributed by atoms with Crippen molar-refractivity contribution in [2.45, 2.75) is 19.3 Å². The highest BCUT2D eigenvalue weighted by Crippen LogP contribution is 2.33. The van der Waals surface area contributed by atoms with Crippen molar-refractivity contribution in [2.75, 3.05) is 58.3 Å². The van der Waals surface area contributed by atoms with Crippen molar-refractivity contribution in [1.82, 2.24) is 14.8 Å². The maximum absolute atomic E-state index is 12.6. The minimum atomic E-state index is 0.339. The minimum absolute atomic E-state index is 0.339. The predicted molar refractivity (Wildman–Crippen MR) is 112 cm³/mol. The largest absolute Gasteiger partial charge is 0.494 e. The third-order valence-electron chi connectivity index (χ3n) is 6.21. The van der Waals surface area contributed by atoms with Gasteiger partial charge in [-0.05, 0) is 37.9 Å². The van der Waals surface area contributed by atoms with Crippen LogP contribution in [-0.2, 0) is 4.79 Å². The summed E-state index contributed by atoms with van der Waals surface area (Å²) in [5.74, 6) is 1.64. The van der Waals surface area contributed by atoms with Gasteiger partial charge in [0.15, 0.2) is 0 Å². The number of fused-ring (bicyclic) bond motifs is 1. The minimum Gasteiger partial charge on any atom is -0.494 e. The fraction of sp³-hybridized carbons (Fsp3) is 0.545. The molecule has 0 N–H and O–H groups in total. The van der Waals surface area contributed by atoms with E-state index in [0.29, 0.717) is 18.2 Å². The lowest BCUT2D eigenvalue weighted by Crippen LogP contribution is -2.47. The fourth-order valence-electron chi connectivity index (χ4n) is 4.38. The molecule has 2 saturated heterocycles. The molecule has 150 valence electrons. The van der Waals surface area contributed by atoms with E-state index in [1.807, 2.05) is 18.3 Å². The molecule has 0 aliphatic carbocycles. The number of hydrogen-bond acceptors (Lipinski definition) is 5. The molecule has 2 aliphatic rings. The van der Waals surface area contributed by atoms with Gasteiger partial charge in [-0.15, -0.1) is 0 Å². The van der Waals surface area contributed by atoms with E-state index in [1.54, 1.807) is 7.11 Å². The molecule has 0 saturated carbocycles. The number of carbonyl (C=O) groups is 1. The van der Waals surface area contributed by atoms with Gasteiger partial charge in [0.1, 0.15) is 11.3 Å². The van der Waals surface area contributed by atoms with E-state index >= 15 is 0 Å². The average Bonchev–Trinajstić information content (AvgIpc) is 2.74. The molecule has 6 nitrogen and oxygen atoms in total. The maximum Gasteiger partial charge on any atom is 0.222 e. The summed E-state index contributed by atoms with van der Waals surface area (Å²) in [6, 6.07) is 8.18. The SMILES string of the molecule is COc1cccc2c(N3CCC(CC(=O)N4CCN(C)CC4)CC3)ccnc12. The van der Waals surface area contributed by atoms with Gasteiger partial charge in [-0.2, -0.15) is 0 Å². The topological polar surface area (TPSA) is 48.9 Å². The van der Waals surface area contributed by atoms with Gasteiger partial charge < -0.3 is 19.4 Å². The Kier molecular flexibility index (Phi) is 5.67. The fourth-order valence-corrected chi connectivity index (χ4v) is 4.38. The van der Waals surface area contributed by atoms with Gasteiger partial charge in [-0.3, -0.25) is 9.78 Å². The van der Waals surface area contributed by atoms with Crippen LogP contribution in [0.25, 0.3) is 10.9 Å². The molecule has 0 unspecified atom stereocenters. The van der Waals surface area contributed by atoms with Gasteiger partial charge in [0.25, 0.3) is 0 Å². The van der Waals surface area contributed by atoms with Crippen LogP contribution < -0.4 is 9.64 Å². The van der Waals surface area contributed by atoms with E-state index in [1.165, 1.54) is 5.69 Å². The van der Waals surface area contributed by atoms with E-state index in [-0.39, 0.29) is 0 Å². The maximum atomic E-state index is 12.6. The molecule has 3 heterocycles. The second-order valence-electron chi connectivity index (χ2n) is 8.01. The van der Waals surface area contributed by atoms with Crippen molar-refractivity contribution in [3.8, 4) is 5.75 Å². The van der Waals surface area contributed by atoms with Crippen LogP contribution in [0.4, 0.5) is 5.69 Å². The molecule has 0 bridgehead atoms. The number of para-hydroxylation sites is 1. The Morgan fingerprint density at radius 2 is 1.86 bits per heavy atom. The summed E-state index contributed by atoms with van der Waals surface area (Å²) in [5.41, 5.74) is 2.13. The highest BCUT2D eigenvalue weighted by atomic mass is 16.5. The van der Waals surface area contributed by atoms with Crippen molar-refractivity contribution < 1.29 is 9.53 Å². The van der Waals surface area contributed by atoms with Crippen molar-refractivity contribution in [1.29, 1.82) is 0 Å². The number of nitrogens with zero attached hydrogens (tertiary/aromatic N) is 4. The van der Waals surface area contributed by atoms with Gasteiger partial charge in [-0.1, -0.05) is 12.1 Å². The predicted octanol–water partition coefficient (Wildman–Crippen LogP) is 2.62. The van der Waals surface area contributed by atoms with Gasteiger partial charge in [0.2, 0.25) is 5.91 Å². The van der Waals surface area contributed by atoms with Crippen LogP contribution in [-0.4, -0.2) is 74.1 Å². The third kappa shape index (κ3) is 3.92. The zero-order chi connectivity index (χ0) is 19.5. The lowest BCUT2D eigenvalue weighted by molar-refractivity contribution is -0.133. The summed E-state index contributed by atoms with van der Waals surface area (Å²) in [6.45, 7) is 5.69. The van der Waals surface area contributed by atoms with E-state index in [9.17, 15) is 4.79 Å². The number of amides is 1. The van der Waals surface area contributed by atoms with Crippen LogP contribution in [0.5, 0.6) is 5.75 Å². The van der Waals surface area contributed by atoms with E-state index in [0.717, 1.165) is 68.8 Å². The summed E-state index contributed by atoms with van der Waals surface area (Å²) < 4.78 is 5.47. The van der Waals surface area contributed by atoms with E-state index < -0.39 is 0 Å². The number of likely N-dealkylation sites (N-methyl/N-ethyl adjacent to an activating group) is 1. The first-order valence-corrected chi connectivity index (χ1v) is 10.3. The Morgan fingerprint density at radius 3 is 2.57 bits per heavy atom. The molecule has 1 amide bonds. The normalized spacial score (nSPS) is 19.2. The van der Waals surface area contributed by atoms with Crippen LogP contribution in [0.2, 0.25) is 0 Å². The standard InChI is InChI=1S/C22H30N4O2/c1-24-12-14-26(15-13-24)21(27)16-17-7-10-25(11-8-17)19-6-9-23-22-18(19)4-3-5-20(22)28-2/h3-6,9,17H,7-8,10-16H2,1-2H3. The second-order valence-corrected chi connectivity index (χ2v) is 8.01. The average molecular weight is 383 g/mol.